The zero-order valence-corrected chi connectivity index (χ0v) is 10.8. The third kappa shape index (κ3) is 4.42. The number of ether oxygens (including phenoxy) is 2. The summed E-state index contributed by atoms with van der Waals surface area (Å²) in [6.07, 6.45) is 0.675. The van der Waals surface area contributed by atoms with E-state index in [9.17, 15) is 9.59 Å². The lowest BCUT2D eigenvalue weighted by atomic mass is 10.1. The molecule has 0 aromatic heterocycles. The van der Waals surface area contributed by atoms with Crippen LogP contribution in [0.2, 0.25) is 0 Å². The van der Waals surface area contributed by atoms with Gasteiger partial charge in [-0.2, -0.15) is 5.10 Å². The molecule has 0 unspecified atom stereocenters. The Bertz CT molecular complexity index is 322. The lowest BCUT2D eigenvalue weighted by Gasteiger charge is -2.23. The van der Waals surface area contributed by atoms with Crippen LogP contribution in [0, 0.1) is 0 Å². The minimum absolute atomic E-state index is 0.160. The number of nitrogens with zero attached hydrogens (tertiary/aromatic N) is 2. The first kappa shape index (κ1) is 14.6. The van der Waals surface area contributed by atoms with Gasteiger partial charge in [0.15, 0.2) is 0 Å². The molecule has 0 bridgehead atoms. The van der Waals surface area contributed by atoms with Crippen molar-refractivity contribution in [3.63, 3.8) is 0 Å². The summed E-state index contributed by atoms with van der Waals surface area (Å²) in [5.41, 5.74) is 2.70. The summed E-state index contributed by atoms with van der Waals surface area (Å²) in [7, 11) is 3.16. The second kappa shape index (κ2) is 7.78. The van der Waals surface area contributed by atoms with Gasteiger partial charge in [-0.05, 0) is 0 Å². The van der Waals surface area contributed by atoms with Gasteiger partial charge in [0.05, 0.1) is 13.2 Å². The third-order valence-electron chi connectivity index (χ3n) is 2.57. The Morgan fingerprint density at radius 3 is 2.33 bits per heavy atom. The van der Waals surface area contributed by atoms with Crippen molar-refractivity contribution in [1.29, 1.82) is 0 Å². The number of hydrogen-bond acceptors (Lipinski definition) is 5. The molecule has 2 amide bonds. The van der Waals surface area contributed by atoms with Gasteiger partial charge >= 0.3 is 0 Å². The van der Waals surface area contributed by atoms with Gasteiger partial charge in [-0.3, -0.25) is 9.59 Å². The monoisotopic (exact) mass is 257 g/mol. The van der Waals surface area contributed by atoms with Crippen molar-refractivity contribution in [3.8, 4) is 0 Å². The largest absolute Gasteiger partial charge is 0.383 e. The Morgan fingerprint density at radius 2 is 1.89 bits per heavy atom. The smallest absolute Gasteiger partial charge is 0.270 e. The molecule has 0 saturated heterocycles. The second-order valence-corrected chi connectivity index (χ2v) is 3.87. The van der Waals surface area contributed by atoms with Crippen molar-refractivity contribution < 1.29 is 19.1 Å². The van der Waals surface area contributed by atoms with E-state index in [1.54, 1.807) is 19.1 Å². The molecule has 0 aromatic carbocycles. The van der Waals surface area contributed by atoms with Crippen LogP contribution in [0.15, 0.2) is 5.10 Å². The second-order valence-electron chi connectivity index (χ2n) is 3.87. The Labute approximate surface area is 106 Å². The fraction of sp³-hybridized carbons (Fsp3) is 0.727. The molecular formula is C11H19N3O4. The molecular weight excluding hydrogens is 238 g/mol. The van der Waals surface area contributed by atoms with Crippen molar-refractivity contribution in [2.24, 2.45) is 5.10 Å². The van der Waals surface area contributed by atoms with Crippen molar-refractivity contribution in [3.05, 3.63) is 0 Å². The van der Waals surface area contributed by atoms with Crippen LogP contribution in [-0.2, 0) is 19.1 Å². The van der Waals surface area contributed by atoms with Gasteiger partial charge in [0.2, 0.25) is 5.91 Å². The fourth-order valence-corrected chi connectivity index (χ4v) is 1.53. The van der Waals surface area contributed by atoms with Gasteiger partial charge in [-0.15, -0.1) is 0 Å². The van der Waals surface area contributed by atoms with Crippen LogP contribution < -0.4 is 5.43 Å². The highest BCUT2D eigenvalue weighted by Gasteiger charge is 2.23. The fourth-order valence-electron chi connectivity index (χ4n) is 1.53. The molecule has 102 valence electrons. The molecule has 7 heteroatoms. The van der Waals surface area contributed by atoms with Crippen molar-refractivity contribution in [1.82, 2.24) is 10.3 Å². The van der Waals surface area contributed by atoms with Crippen LogP contribution in [-0.4, -0.2) is 62.9 Å². The van der Waals surface area contributed by atoms with Gasteiger partial charge in [-0.25, -0.2) is 5.43 Å². The normalized spacial score (nSPS) is 15.0. The molecule has 1 heterocycles. The van der Waals surface area contributed by atoms with Crippen LogP contribution in [0.3, 0.4) is 0 Å². The summed E-state index contributed by atoms with van der Waals surface area (Å²) in [5.74, 6) is -0.337. The number of carbonyl (C=O) groups is 2. The average Bonchev–Trinajstić information content (AvgIpc) is 2.39. The highest BCUT2D eigenvalue weighted by Crippen LogP contribution is 2.04. The van der Waals surface area contributed by atoms with E-state index in [-0.39, 0.29) is 11.8 Å². The zero-order chi connectivity index (χ0) is 13.4. The topological polar surface area (TPSA) is 80.2 Å². The molecule has 1 rings (SSSR count). The standard InChI is InChI=1S/C11H19N3O4/c1-17-7-5-14(6-8-18-2)11(16)9-3-4-10(15)13-12-9/h3-8H2,1-2H3,(H,13,15). The summed E-state index contributed by atoms with van der Waals surface area (Å²) in [5, 5.41) is 3.79. The molecule has 0 aromatic rings. The lowest BCUT2D eigenvalue weighted by Crippen LogP contribution is -2.43. The summed E-state index contributed by atoms with van der Waals surface area (Å²) in [6.45, 7) is 1.86. The van der Waals surface area contributed by atoms with E-state index in [2.05, 4.69) is 10.5 Å². The maximum atomic E-state index is 12.1. The first-order chi connectivity index (χ1) is 8.69. The molecule has 0 spiro atoms. The van der Waals surface area contributed by atoms with E-state index in [0.29, 0.717) is 44.9 Å². The van der Waals surface area contributed by atoms with Crippen molar-refractivity contribution in [2.75, 3.05) is 40.5 Å². The van der Waals surface area contributed by atoms with Crippen LogP contribution in [0.4, 0.5) is 0 Å². The molecule has 0 radical (unpaired) electrons. The van der Waals surface area contributed by atoms with Gasteiger partial charge in [-0.1, -0.05) is 0 Å². The number of hydrazone groups is 1. The maximum Gasteiger partial charge on any atom is 0.270 e. The van der Waals surface area contributed by atoms with Gasteiger partial charge in [0.25, 0.3) is 5.91 Å². The molecule has 1 N–H and O–H groups in total. The molecule has 18 heavy (non-hydrogen) atoms. The number of hydrogen-bond donors (Lipinski definition) is 1. The van der Waals surface area contributed by atoms with Crippen molar-refractivity contribution in [2.45, 2.75) is 12.8 Å². The summed E-state index contributed by atoms with van der Waals surface area (Å²) in [4.78, 5) is 24.7. The molecule has 0 atom stereocenters. The quantitative estimate of drug-likeness (QED) is 0.658. The highest BCUT2D eigenvalue weighted by atomic mass is 16.5. The SMILES string of the molecule is COCCN(CCOC)C(=O)C1=NNC(=O)CC1. The van der Waals surface area contributed by atoms with E-state index >= 15 is 0 Å². The number of amides is 2. The van der Waals surface area contributed by atoms with Gasteiger partial charge in [0.1, 0.15) is 5.71 Å². The Kier molecular flexibility index (Phi) is 6.31. The minimum atomic E-state index is -0.177. The predicted molar refractivity (Wildman–Crippen MR) is 65.1 cm³/mol. The Morgan fingerprint density at radius 1 is 1.28 bits per heavy atom. The number of rotatable bonds is 7. The average molecular weight is 257 g/mol. The molecule has 0 fully saturated rings. The molecule has 1 aliphatic rings. The van der Waals surface area contributed by atoms with Crippen LogP contribution in [0.1, 0.15) is 12.8 Å². The van der Waals surface area contributed by atoms with E-state index < -0.39 is 0 Å². The number of carbonyl (C=O) groups excluding carboxylic acids is 2. The van der Waals surface area contributed by atoms with E-state index in [0.717, 1.165) is 0 Å². The molecule has 0 aliphatic carbocycles. The first-order valence-corrected chi connectivity index (χ1v) is 5.81. The number of methoxy groups -OCH3 is 2. The van der Waals surface area contributed by atoms with Gasteiger partial charge < -0.3 is 14.4 Å². The maximum absolute atomic E-state index is 12.1. The van der Waals surface area contributed by atoms with Gasteiger partial charge in [0, 0.05) is 40.2 Å². The Balaban J connectivity index is 2.59. The summed E-state index contributed by atoms with van der Waals surface area (Å²) < 4.78 is 9.93. The summed E-state index contributed by atoms with van der Waals surface area (Å²) >= 11 is 0. The van der Waals surface area contributed by atoms with Crippen LogP contribution >= 0.6 is 0 Å². The first-order valence-electron chi connectivity index (χ1n) is 5.81. The Hall–Kier alpha value is -1.47. The van der Waals surface area contributed by atoms with Crippen LogP contribution in [0.5, 0.6) is 0 Å². The van der Waals surface area contributed by atoms with E-state index in [4.69, 9.17) is 9.47 Å². The van der Waals surface area contributed by atoms with E-state index in [1.165, 1.54) is 0 Å². The molecule has 1 aliphatic heterocycles. The van der Waals surface area contributed by atoms with Crippen molar-refractivity contribution >= 4 is 17.5 Å². The highest BCUT2D eigenvalue weighted by molar-refractivity contribution is 6.39. The third-order valence-corrected chi connectivity index (χ3v) is 2.57. The lowest BCUT2D eigenvalue weighted by molar-refractivity contribution is -0.125. The zero-order valence-electron chi connectivity index (χ0n) is 10.8. The van der Waals surface area contributed by atoms with E-state index in [1.807, 2.05) is 0 Å². The van der Waals surface area contributed by atoms with Crippen LogP contribution in [0.25, 0.3) is 0 Å². The molecule has 0 saturated carbocycles. The summed E-state index contributed by atoms with van der Waals surface area (Å²) in [6, 6.07) is 0. The molecule has 7 nitrogen and oxygen atoms in total. The minimum Gasteiger partial charge on any atom is -0.383 e. The number of nitrogens with one attached hydrogen (secondary N) is 1. The predicted octanol–water partition coefficient (Wildman–Crippen LogP) is -0.626.